The van der Waals surface area contributed by atoms with E-state index in [0.717, 1.165) is 5.92 Å². The lowest BCUT2D eigenvalue weighted by molar-refractivity contribution is -0.138. The van der Waals surface area contributed by atoms with E-state index in [-0.39, 0.29) is 23.6 Å². The van der Waals surface area contributed by atoms with Gasteiger partial charge in [0.25, 0.3) is 10.0 Å². The Morgan fingerprint density at radius 2 is 1.81 bits per heavy atom. The largest absolute Gasteiger partial charge is 0.463 e. The van der Waals surface area contributed by atoms with Crippen LogP contribution in [0.4, 0.5) is 0 Å². The number of amides is 1. The molecule has 1 aromatic heterocycles. The molecule has 0 saturated carbocycles. The minimum absolute atomic E-state index is 0.00993. The number of hydrogen-bond donors (Lipinski definition) is 1. The molecule has 1 heterocycles. The number of aromatic nitrogens is 2. The van der Waals surface area contributed by atoms with E-state index in [4.69, 9.17) is 4.74 Å². The lowest BCUT2D eigenvalue weighted by Crippen LogP contribution is -2.44. The van der Waals surface area contributed by atoms with Gasteiger partial charge in [0.15, 0.2) is 5.03 Å². The third kappa shape index (κ3) is 10.6. The Morgan fingerprint density at radius 3 is 2.23 bits per heavy atom. The molecule has 9 nitrogen and oxygen atoms in total. The minimum Gasteiger partial charge on any atom is -0.463 e. The summed E-state index contributed by atoms with van der Waals surface area (Å²) in [6.45, 7) is 13.5. The van der Waals surface area contributed by atoms with Gasteiger partial charge in [0.05, 0.1) is 25.5 Å². The summed E-state index contributed by atoms with van der Waals surface area (Å²) in [6, 6.07) is -0.388. The average molecular weight is 459 g/mol. The Balaban J connectivity index is 0.00000206. The van der Waals surface area contributed by atoms with Gasteiger partial charge in [0.1, 0.15) is 0 Å². The first-order valence-corrected chi connectivity index (χ1v) is 11.8. The molecule has 0 fully saturated rings. The van der Waals surface area contributed by atoms with Crippen LogP contribution in [0.2, 0.25) is 0 Å². The van der Waals surface area contributed by atoms with Crippen molar-refractivity contribution in [2.75, 3.05) is 20.2 Å². The number of rotatable bonds is 9. The van der Waals surface area contributed by atoms with Gasteiger partial charge in [-0.25, -0.2) is 22.9 Å². The quantitative estimate of drug-likeness (QED) is 0.449. The van der Waals surface area contributed by atoms with Crippen LogP contribution in [-0.4, -0.2) is 61.0 Å². The molecule has 1 atom stereocenters. The highest BCUT2D eigenvalue weighted by atomic mass is 32.2. The van der Waals surface area contributed by atoms with Gasteiger partial charge in [-0.1, -0.05) is 40.7 Å². The van der Waals surface area contributed by atoms with Gasteiger partial charge in [-0.3, -0.25) is 4.79 Å². The summed E-state index contributed by atoms with van der Waals surface area (Å²) in [7, 11) is -0.661. The second-order valence-corrected chi connectivity index (χ2v) is 9.96. The monoisotopic (exact) mass is 458 g/mol. The highest BCUT2D eigenvalue weighted by Crippen LogP contribution is 2.14. The summed E-state index contributed by atoms with van der Waals surface area (Å²) in [5.41, 5.74) is 0.393. The van der Waals surface area contributed by atoms with E-state index >= 15 is 0 Å². The molecule has 0 aliphatic rings. The molecule has 0 aliphatic heterocycles. The van der Waals surface area contributed by atoms with Crippen molar-refractivity contribution in [3.05, 3.63) is 24.2 Å². The second-order valence-electron chi connectivity index (χ2n) is 8.24. The summed E-state index contributed by atoms with van der Waals surface area (Å²) in [5, 5.41) is -0.154. The first-order valence-electron chi connectivity index (χ1n) is 10.3. The van der Waals surface area contributed by atoms with Gasteiger partial charge in [-0.15, -0.1) is 0 Å². The number of esters is 1. The maximum absolute atomic E-state index is 12.5. The number of nitrogens with one attached hydrogen (secondary N) is 1. The van der Waals surface area contributed by atoms with Gasteiger partial charge >= 0.3 is 5.97 Å². The van der Waals surface area contributed by atoms with Crippen LogP contribution in [0.25, 0.3) is 0 Å². The van der Waals surface area contributed by atoms with E-state index in [2.05, 4.69) is 30.5 Å². The maximum Gasteiger partial charge on any atom is 0.333 e. The Hall–Kier alpha value is -2.20. The normalized spacial score (nSPS) is 12.9. The summed E-state index contributed by atoms with van der Waals surface area (Å²) >= 11 is 0. The fourth-order valence-electron chi connectivity index (χ4n) is 2.37. The van der Waals surface area contributed by atoms with Crippen LogP contribution < -0.4 is 4.72 Å². The molecule has 0 unspecified atom stereocenters. The number of sulfonamides is 1. The number of aryl methyl sites for hydroxylation is 1. The molecule has 1 rings (SSSR count). The Labute approximate surface area is 186 Å². The van der Waals surface area contributed by atoms with Crippen LogP contribution in [-0.2, 0) is 31.4 Å². The standard InChI is InChI=1S/C17H28N4O5S.C4H10/c1-7-26-17(23)13(4)8-14(12(2)3)21(6)16(22)9-19-27(24,25)15-10-20(5)11-18-15;1-4(2)3/h8,10-12,14,19H,7,9H2,1-6H3;4H,1-3H3/b13-8+;/t14-;/m1./s1. The minimum atomic E-state index is -3.88. The number of imidazole rings is 1. The topological polar surface area (TPSA) is 111 Å². The molecule has 0 aromatic carbocycles. The third-order valence-electron chi connectivity index (χ3n) is 3.91. The maximum atomic E-state index is 12.5. The van der Waals surface area contributed by atoms with Crippen LogP contribution in [0, 0.1) is 11.8 Å². The summed E-state index contributed by atoms with van der Waals surface area (Å²) in [5.74, 6) is -0.0308. The fourth-order valence-corrected chi connectivity index (χ4v) is 3.32. The number of likely N-dealkylation sites (N-methyl/N-ethyl adjacent to an activating group) is 1. The zero-order valence-electron chi connectivity index (χ0n) is 20.2. The van der Waals surface area contributed by atoms with Gasteiger partial charge < -0.3 is 14.2 Å². The number of hydrogen-bond acceptors (Lipinski definition) is 6. The van der Waals surface area contributed by atoms with Crippen molar-refractivity contribution in [2.45, 2.75) is 59.5 Å². The average Bonchev–Trinajstić information content (AvgIpc) is 3.10. The van der Waals surface area contributed by atoms with Crippen molar-refractivity contribution < 1.29 is 22.7 Å². The van der Waals surface area contributed by atoms with E-state index in [1.807, 2.05) is 13.8 Å². The molecule has 0 bridgehead atoms. The molecular weight excluding hydrogens is 420 g/mol. The molecule has 31 heavy (non-hydrogen) atoms. The number of carbonyl (C=O) groups excluding carboxylic acids is 2. The fraction of sp³-hybridized carbons (Fsp3) is 0.667. The highest BCUT2D eigenvalue weighted by Gasteiger charge is 2.25. The first kappa shape index (κ1) is 28.8. The molecule has 10 heteroatoms. The Morgan fingerprint density at radius 1 is 1.26 bits per heavy atom. The number of ether oxygens (including phenoxy) is 1. The molecule has 0 aliphatic carbocycles. The summed E-state index contributed by atoms with van der Waals surface area (Å²) < 4.78 is 33.1. The van der Waals surface area contributed by atoms with E-state index in [1.54, 1.807) is 34.0 Å². The molecule has 1 amide bonds. The molecule has 1 aromatic rings. The van der Waals surface area contributed by atoms with E-state index in [1.165, 1.54) is 22.0 Å². The zero-order chi connectivity index (χ0) is 24.4. The van der Waals surface area contributed by atoms with Gasteiger partial charge in [-0.2, -0.15) is 0 Å². The lowest BCUT2D eigenvalue weighted by Gasteiger charge is -2.29. The number of carbonyl (C=O) groups is 2. The van der Waals surface area contributed by atoms with E-state index < -0.39 is 28.4 Å². The molecule has 1 N–H and O–H groups in total. The van der Waals surface area contributed by atoms with Crippen LogP contribution in [0.15, 0.2) is 29.2 Å². The SMILES string of the molecule is CC(C)C.CCOC(=O)/C(C)=C/[C@H](C(C)C)N(C)C(=O)CNS(=O)(=O)c1cn(C)cn1. The van der Waals surface area contributed by atoms with Gasteiger partial charge in [0.2, 0.25) is 5.91 Å². The van der Waals surface area contributed by atoms with Gasteiger partial charge in [-0.05, 0) is 25.7 Å². The van der Waals surface area contributed by atoms with E-state index in [9.17, 15) is 18.0 Å². The van der Waals surface area contributed by atoms with Crippen molar-refractivity contribution in [1.82, 2.24) is 19.2 Å². The van der Waals surface area contributed by atoms with Crippen LogP contribution in [0.3, 0.4) is 0 Å². The summed E-state index contributed by atoms with van der Waals surface area (Å²) in [4.78, 5) is 29.5. The summed E-state index contributed by atoms with van der Waals surface area (Å²) in [6.07, 6.45) is 4.37. The predicted molar refractivity (Wildman–Crippen MR) is 121 cm³/mol. The lowest BCUT2D eigenvalue weighted by atomic mass is 10.00. The smallest absolute Gasteiger partial charge is 0.333 e. The second kappa shape index (κ2) is 13.3. The van der Waals surface area contributed by atoms with Crippen molar-refractivity contribution >= 4 is 21.9 Å². The van der Waals surface area contributed by atoms with Gasteiger partial charge in [0, 0.05) is 25.9 Å². The predicted octanol–water partition coefficient (Wildman–Crippen LogP) is 2.35. The molecule has 0 saturated heterocycles. The van der Waals surface area contributed by atoms with Crippen molar-refractivity contribution in [3.63, 3.8) is 0 Å². The highest BCUT2D eigenvalue weighted by molar-refractivity contribution is 7.89. The first-order chi connectivity index (χ1) is 14.2. The third-order valence-corrected chi connectivity index (χ3v) is 5.20. The van der Waals surface area contributed by atoms with Crippen LogP contribution in [0.1, 0.15) is 48.5 Å². The molecule has 0 radical (unpaired) electrons. The molecule has 178 valence electrons. The Kier molecular flexibility index (Phi) is 12.3. The zero-order valence-corrected chi connectivity index (χ0v) is 21.0. The molecule has 0 spiro atoms. The van der Waals surface area contributed by atoms with Crippen molar-refractivity contribution in [3.8, 4) is 0 Å². The van der Waals surface area contributed by atoms with Crippen LogP contribution >= 0.6 is 0 Å². The van der Waals surface area contributed by atoms with Crippen LogP contribution in [0.5, 0.6) is 0 Å². The number of nitrogens with zero attached hydrogens (tertiary/aromatic N) is 3. The van der Waals surface area contributed by atoms with Crippen molar-refractivity contribution in [2.24, 2.45) is 18.9 Å². The van der Waals surface area contributed by atoms with Crippen molar-refractivity contribution in [1.29, 1.82) is 0 Å². The molecular formula is C21H38N4O5S. The van der Waals surface area contributed by atoms with E-state index in [0.29, 0.717) is 5.57 Å². The Bertz CT molecular complexity index is 841.